The molecule has 0 saturated heterocycles. The second-order valence-corrected chi connectivity index (χ2v) is 10.4. The first-order chi connectivity index (χ1) is 17.9. The minimum Gasteiger partial charge on any atom is -0.336 e. The quantitative estimate of drug-likeness (QED) is 0.216. The Bertz CT molecular complexity index is 1770. The molecule has 3 aromatic carbocycles. The van der Waals surface area contributed by atoms with Crippen LogP contribution in [-0.4, -0.2) is 29.6 Å². The second-order valence-electron chi connectivity index (χ2n) is 8.92. The Labute approximate surface area is 228 Å². The Morgan fingerprint density at radius 2 is 1.70 bits per heavy atom. The van der Waals surface area contributed by atoms with Gasteiger partial charge in [-0.1, -0.05) is 60.5 Å². The van der Waals surface area contributed by atoms with Gasteiger partial charge in [-0.3, -0.25) is 0 Å². The molecule has 0 aliphatic carbocycles. The summed E-state index contributed by atoms with van der Waals surface area (Å²) in [5, 5.41) is 14.9. The van der Waals surface area contributed by atoms with Crippen molar-refractivity contribution in [2.75, 3.05) is 0 Å². The van der Waals surface area contributed by atoms with Crippen molar-refractivity contribution in [3.8, 4) is 11.1 Å². The predicted octanol–water partition coefficient (Wildman–Crippen LogP) is 7.08. The highest BCUT2D eigenvalue weighted by atomic mass is 35.5. The molecular weight excluding hydrogens is 527 g/mol. The Morgan fingerprint density at radius 1 is 0.919 bits per heavy atom. The number of aryl methyl sites for hydroxylation is 2. The number of hydrogen-bond donors (Lipinski definition) is 0. The molecule has 0 amide bonds. The number of nitrogens with zero attached hydrogens (tertiary/aromatic N) is 6. The van der Waals surface area contributed by atoms with Crippen LogP contribution in [0.1, 0.15) is 29.3 Å². The first kappa shape index (κ1) is 23.9. The minimum atomic E-state index is -1.03. The van der Waals surface area contributed by atoms with Crippen LogP contribution in [0.15, 0.2) is 79.3 Å². The van der Waals surface area contributed by atoms with Gasteiger partial charge in [-0.25, -0.2) is 4.98 Å². The van der Waals surface area contributed by atoms with Gasteiger partial charge in [0.2, 0.25) is 0 Å². The van der Waals surface area contributed by atoms with Gasteiger partial charge < -0.3 is 4.57 Å². The molecule has 0 spiro atoms. The van der Waals surface area contributed by atoms with Crippen LogP contribution in [0, 0.1) is 0 Å². The predicted molar refractivity (Wildman–Crippen MR) is 149 cm³/mol. The molecule has 6 aromatic rings. The molecule has 184 valence electrons. The van der Waals surface area contributed by atoms with Gasteiger partial charge in [0.15, 0.2) is 5.65 Å². The van der Waals surface area contributed by atoms with Crippen molar-refractivity contribution in [1.82, 2.24) is 29.6 Å². The van der Waals surface area contributed by atoms with Gasteiger partial charge in [0.25, 0.3) is 0 Å². The average molecular weight is 548 g/mol. The van der Waals surface area contributed by atoms with Crippen LogP contribution in [0.2, 0.25) is 10.0 Å². The van der Waals surface area contributed by atoms with Crippen LogP contribution < -0.4 is 0 Å². The van der Waals surface area contributed by atoms with E-state index in [1.807, 2.05) is 66.2 Å². The molecule has 0 fully saturated rings. The molecule has 0 radical (unpaired) electrons. The number of fused-ring (bicyclic) bond motifs is 3. The maximum atomic E-state index is 7.64. The summed E-state index contributed by atoms with van der Waals surface area (Å²) in [5.41, 5.74) is 7.24. The molecule has 0 N–H and O–H groups in total. The number of aromatic nitrogens is 6. The number of halogens is 3. The Hall–Kier alpha value is -3.45. The molecule has 1 unspecified atom stereocenters. The van der Waals surface area contributed by atoms with Crippen LogP contribution in [-0.2, 0) is 18.3 Å². The van der Waals surface area contributed by atoms with Crippen LogP contribution >= 0.6 is 34.8 Å². The lowest BCUT2D eigenvalue weighted by Gasteiger charge is -2.29. The molecule has 1 atom stereocenters. The molecule has 6 nitrogen and oxygen atoms in total. The normalized spacial score (nSPS) is 13.3. The van der Waals surface area contributed by atoms with E-state index in [1.54, 1.807) is 17.0 Å². The van der Waals surface area contributed by atoms with Gasteiger partial charge in [-0.05, 0) is 75.5 Å². The molecular formula is C28H21Cl3N6. The summed E-state index contributed by atoms with van der Waals surface area (Å²) in [6.07, 6.45) is 4.28. The Kier molecular flexibility index (Phi) is 5.91. The summed E-state index contributed by atoms with van der Waals surface area (Å²) in [5.74, 6) is 0. The maximum Gasteiger partial charge on any atom is 0.183 e. The van der Waals surface area contributed by atoms with Crippen LogP contribution in [0.3, 0.4) is 0 Å². The number of pyridine rings is 1. The van der Waals surface area contributed by atoms with Gasteiger partial charge in [0, 0.05) is 28.0 Å². The summed E-state index contributed by atoms with van der Waals surface area (Å²) in [4.78, 5) is 3.33. The van der Waals surface area contributed by atoms with Gasteiger partial charge in [-0.2, -0.15) is 4.52 Å². The number of alkyl halides is 1. The third kappa shape index (κ3) is 3.79. The lowest BCUT2D eigenvalue weighted by molar-refractivity contribution is 0.746. The zero-order chi connectivity index (χ0) is 25.7. The van der Waals surface area contributed by atoms with Crippen LogP contribution in [0.5, 0.6) is 0 Å². The number of hydrogen-bond acceptors (Lipinski definition) is 4. The van der Waals surface area contributed by atoms with E-state index in [4.69, 9.17) is 34.8 Å². The fraction of sp³-hybridized carbons (Fsp3) is 0.143. The SMILES string of the molecule is CCc1c(-c2cccc(Cl)c2)c2cc(C(Cl)(c3ccc(Cl)cc3)c3cncn3C)ccc2n2nnnc12. The molecule has 3 aromatic heterocycles. The first-order valence-electron chi connectivity index (χ1n) is 11.8. The average Bonchev–Trinajstić information content (AvgIpc) is 3.57. The molecule has 0 aliphatic heterocycles. The molecule has 0 bridgehead atoms. The monoisotopic (exact) mass is 546 g/mol. The molecule has 6 rings (SSSR count). The zero-order valence-corrected chi connectivity index (χ0v) is 22.3. The topological polar surface area (TPSA) is 60.9 Å². The largest absolute Gasteiger partial charge is 0.336 e. The van der Waals surface area contributed by atoms with Crippen molar-refractivity contribution in [3.05, 3.63) is 112 Å². The van der Waals surface area contributed by atoms with Crippen LogP contribution in [0.4, 0.5) is 0 Å². The van der Waals surface area contributed by atoms with E-state index in [0.29, 0.717) is 10.0 Å². The number of rotatable bonds is 5. The first-order valence-corrected chi connectivity index (χ1v) is 12.9. The van der Waals surface area contributed by atoms with E-state index in [1.165, 1.54) is 0 Å². The van der Waals surface area contributed by atoms with E-state index in [0.717, 1.165) is 56.5 Å². The third-order valence-electron chi connectivity index (χ3n) is 6.81. The smallest absolute Gasteiger partial charge is 0.183 e. The van der Waals surface area contributed by atoms with Gasteiger partial charge in [0.1, 0.15) is 4.87 Å². The van der Waals surface area contributed by atoms with Gasteiger partial charge in [-0.15, -0.1) is 16.7 Å². The lowest BCUT2D eigenvalue weighted by atomic mass is 9.85. The summed E-state index contributed by atoms with van der Waals surface area (Å²) in [7, 11) is 1.94. The van der Waals surface area contributed by atoms with Gasteiger partial charge in [0.05, 0.1) is 23.7 Å². The van der Waals surface area contributed by atoms with Crippen molar-refractivity contribution in [2.24, 2.45) is 7.05 Å². The van der Waals surface area contributed by atoms with Gasteiger partial charge >= 0.3 is 0 Å². The lowest BCUT2D eigenvalue weighted by Crippen LogP contribution is -2.25. The molecule has 0 saturated carbocycles. The highest BCUT2D eigenvalue weighted by Gasteiger charge is 2.37. The van der Waals surface area contributed by atoms with Crippen molar-refractivity contribution < 1.29 is 0 Å². The van der Waals surface area contributed by atoms with E-state index >= 15 is 0 Å². The van der Waals surface area contributed by atoms with E-state index < -0.39 is 4.87 Å². The maximum absolute atomic E-state index is 7.64. The van der Waals surface area contributed by atoms with Crippen molar-refractivity contribution in [3.63, 3.8) is 0 Å². The number of tetrazole rings is 1. The Balaban J connectivity index is 1.73. The highest BCUT2D eigenvalue weighted by Crippen LogP contribution is 2.45. The molecule has 37 heavy (non-hydrogen) atoms. The van der Waals surface area contributed by atoms with E-state index in [-0.39, 0.29) is 0 Å². The highest BCUT2D eigenvalue weighted by molar-refractivity contribution is 6.31. The summed E-state index contributed by atoms with van der Waals surface area (Å²) >= 11 is 20.3. The third-order valence-corrected chi connectivity index (χ3v) is 7.93. The fourth-order valence-electron chi connectivity index (χ4n) is 5.09. The Morgan fingerprint density at radius 3 is 2.41 bits per heavy atom. The summed E-state index contributed by atoms with van der Waals surface area (Å²) in [6, 6.07) is 21.6. The van der Waals surface area contributed by atoms with Crippen LogP contribution in [0.25, 0.3) is 27.7 Å². The van der Waals surface area contributed by atoms with E-state index in [9.17, 15) is 0 Å². The number of imidazole rings is 1. The summed E-state index contributed by atoms with van der Waals surface area (Å²) in [6.45, 7) is 2.10. The van der Waals surface area contributed by atoms with Crippen molar-refractivity contribution >= 4 is 51.4 Å². The zero-order valence-electron chi connectivity index (χ0n) is 20.0. The minimum absolute atomic E-state index is 0.642. The summed E-state index contributed by atoms with van der Waals surface area (Å²) < 4.78 is 3.72. The molecule has 3 heterocycles. The standard InChI is InChI=1S/C28H21Cl3N6/c1-3-22-26(17-5-4-6-21(30)13-17)23-14-19(9-12-24(23)37-27(22)33-34-35-37)28(31,25-15-32-16-36(25)2)18-7-10-20(29)11-8-18/h4-16H,3H2,1-2H3. The molecule has 0 aliphatic rings. The second kappa shape index (κ2) is 9.14. The van der Waals surface area contributed by atoms with Crippen molar-refractivity contribution in [1.29, 1.82) is 0 Å². The van der Waals surface area contributed by atoms with E-state index in [2.05, 4.69) is 39.6 Å². The van der Waals surface area contributed by atoms with Crippen molar-refractivity contribution in [2.45, 2.75) is 18.2 Å². The fourth-order valence-corrected chi connectivity index (χ4v) is 5.83. The molecule has 9 heteroatoms. The number of benzene rings is 3.